The third kappa shape index (κ3) is 5.81. The van der Waals surface area contributed by atoms with Gasteiger partial charge in [0.05, 0.1) is 5.41 Å². The first-order valence-electron chi connectivity index (χ1n) is 22.4. The Balaban J connectivity index is 1.01. The molecule has 13 rings (SSSR count). The molecule has 1 heterocycles. The van der Waals surface area contributed by atoms with Crippen LogP contribution in [0.2, 0.25) is 0 Å². The van der Waals surface area contributed by atoms with Crippen molar-refractivity contribution in [1.82, 2.24) is 0 Å². The van der Waals surface area contributed by atoms with Crippen LogP contribution in [0.1, 0.15) is 22.3 Å². The predicted molar refractivity (Wildman–Crippen MR) is 272 cm³/mol. The van der Waals surface area contributed by atoms with Gasteiger partial charge in [-0.15, -0.1) is 0 Å². The number of benzene rings is 11. The van der Waals surface area contributed by atoms with Crippen LogP contribution in [0.4, 0.5) is 17.1 Å². The number of fused-ring (bicyclic) bond motifs is 9. The summed E-state index contributed by atoms with van der Waals surface area (Å²) in [6, 6.07) is 91.0. The second-order valence-electron chi connectivity index (χ2n) is 17.2. The van der Waals surface area contributed by atoms with Crippen molar-refractivity contribution in [1.29, 1.82) is 0 Å². The maximum Gasteiger partial charge on any atom is 0.135 e. The molecule has 0 atom stereocenters. The van der Waals surface area contributed by atoms with Crippen LogP contribution in [-0.4, -0.2) is 0 Å². The predicted octanol–water partition coefficient (Wildman–Crippen LogP) is 17.1. The summed E-state index contributed by atoms with van der Waals surface area (Å²) in [5, 5.41) is 7.28. The van der Waals surface area contributed by atoms with Gasteiger partial charge in [-0.1, -0.05) is 194 Å². The quantitative estimate of drug-likeness (QED) is 0.149. The van der Waals surface area contributed by atoms with E-state index in [0.29, 0.717) is 0 Å². The summed E-state index contributed by atoms with van der Waals surface area (Å²) in [6.07, 6.45) is 0. The summed E-state index contributed by atoms with van der Waals surface area (Å²) in [5.74, 6) is 0. The Hall–Kier alpha value is -8.46. The molecule has 2 nitrogen and oxygen atoms in total. The van der Waals surface area contributed by atoms with Gasteiger partial charge in [-0.3, -0.25) is 0 Å². The Kier molecular flexibility index (Phi) is 8.47. The summed E-state index contributed by atoms with van der Waals surface area (Å²) in [6.45, 7) is 0. The lowest BCUT2D eigenvalue weighted by atomic mass is 9.67. The van der Waals surface area contributed by atoms with E-state index in [4.69, 9.17) is 4.42 Å². The van der Waals surface area contributed by atoms with Gasteiger partial charge in [0.25, 0.3) is 0 Å². The highest BCUT2D eigenvalue weighted by Crippen LogP contribution is 2.57. The van der Waals surface area contributed by atoms with E-state index >= 15 is 0 Å². The molecule has 0 bridgehead atoms. The number of para-hydroxylation sites is 1. The second-order valence-corrected chi connectivity index (χ2v) is 17.2. The lowest BCUT2D eigenvalue weighted by Crippen LogP contribution is -2.28. The molecule has 1 aliphatic rings. The molecule has 0 fully saturated rings. The SMILES string of the molecule is c1ccc(C2(c3ccccc3)c3ccccc3-c3ccc(N(c4ccc(-c5ccc6oc7ccccc7c6c5)cc4)c4cccc(-c5cccc6c5ccc5ccccc56)c4)cc32)cc1. The van der Waals surface area contributed by atoms with Crippen molar-refractivity contribution in [3.8, 4) is 33.4 Å². The minimum absolute atomic E-state index is 0.524. The van der Waals surface area contributed by atoms with E-state index in [1.54, 1.807) is 0 Å². The maximum absolute atomic E-state index is 6.19. The van der Waals surface area contributed by atoms with Crippen LogP contribution in [0.25, 0.3) is 76.9 Å². The summed E-state index contributed by atoms with van der Waals surface area (Å²) in [7, 11) is 0. The maximum atomic E-state index is 6.19. The summed E-state index contributed by atoms with van der Waals surface area (Å²) in [5.41, 5.74) is 16.8. The highest BCUT2D eigenvalue weighted by atomic mass is 16.3. The number of hydrogen-bond acceptors (Lipinski definition) is 2. The molecule has 0 saturated heterocycles. The van der Waals surface area contributed by atoms with Crippen molar-refractivity contribution < 1.29 is 4.42 Å². The normalized spacial score (nSPS) is 12.7. The lowest BCUT2D eigenvalue weighted by molar-refractivity contribution is 0.669. The van der Waals surface area contributed by atoms with Crippen LogP contribution in [0.15, 0.2) is 253 Å². The fraction of sp³-hybridized carbons (Fsp3) is 0.0159. The summed E-state index contributed by atoms with van der Waals surface area (Å²) >= 11 is 0. The topological polar surface area (TPSA) is 16.4 Å². The van der Waals surface area contributed by atoms with Crippen molar-refractivity contribution in [2.75, 3.05) is 4.90 Å². The number of anilines is 3. The van der Waals surface area contributed by atoms with Crippen molar-refractivity contribution in [3.05, 3.63) is 271 Å². The van der Waals surface area contributed by atoms with Gasteiger partial charge < -0.3 is 9.32 Å². The van der Waals surface area contributed by atoms with Crippen LogP contribution in [-0.2, 0) is 5.41 Å². The first-order valence-corrected chi connectivity index (χ1v) is 22.4. The summed E-state index contributed by atoms with van der Waals surface area (Å²) in [4.78, 5) is 2.44. The minimum atomic E-state index is -0.524. The van der Waals surface area contributed by atoms with Crippen LogP contribution in [0.3, 0.4) is 0 Å². The van der Waals surface area contributed by atoms with Crippen LogP contribution in [0.5, 0.6) is 0 Å². The Morgan fingerprint density at radius 1 is 0.292 bits per heavy atom. The van der Waals surface area contributed by atoms with Gasteiger partial charge in [-0.2, -0.15) is 0 Å². The van der Waals surface area contributed by atoms with Crippen molar-refractivity contribution in [2.24, 2.45) is 0 Å². The molecule has 0 spiro atoms. The van der Waals surface area contributed by atoms with Gasteiger partial charge in [0.2, 0.25) is 0 Å². The van der Waals surface area contributed by atoms with E-state index in [1.165, 1.54) is 66.1 Å². The largest absolute Gasteiger partial charge is 0.456 e. The molecular weight excluding hydrogens is 787 g/mol. The van der Waals surface area contributed by atoms with E-state index in [2.05, 4.69) is 241 Å². The van der Waals surface area contributed by atoms with Gasteiger partial charge in [0, 0.05) is 27.8 Å². The zero-order valence-electron chi connectivity index (χ0n) is 35.5. The molecule has 0 saturated carbocycles. The smallest absolute Gasteiger partial charge is 0.135 e. The van der Waals surface area contributed by atoms with Crippen LogP contribution >= 0.6 is 0 Å². The van der Waals surface area contributed by atoms with Gasteiger partial charge >= 0.3 is 0 Å². The van der Waals surface area contributed by atoms with Crippen LogP contribution in [0, 0.1) is 0 Å². The molecule has 0 aliphatic heterocycles. The third-order valence-electron chi connectivity index (χ3n) is 13.7. The molecule has 1 aliphatic carbocycles. The Morgan fingerprint density at radius 2 is 0.908 bits per heavy atom. The Labute approximate surface area is 377 Å². The average Bonchev–Trinajstić information content (AvgIpc) is 3.90. The first kappa shape index (κ1) is 37.1. The molecule has 0 radical (unpaired) electrons. The molecule has 12 aromatic rings. The number of hydrogen-bond donors (Lipinski definition) is 0. The molecule has 0 N–H and O–H groups in total. The lowest BCUT2D eigenvalue weighted by Gasteiger charge is -2.35. The molecule has 11 aromatic carbocycles. The zero-order valence-corrected chi connectivity index (χ0v) is 35.5. The van der Waals surface area contributed by atoms with E-state index in [9.17, 15) is 0 Å². The average molecular weight is 828 g/mol. The summed E-state index contributed by atoms with van der Waals surface area (Å²) < 4.78 is 6.19. The molecule has 65 heavy (non-hydrogen) atoms. The monoisotopic (exact) mass is 827 g/mol. The van der Waals surface area contributed by atoms with Crippen LogP contribution < -0.4 is 4.90 Å². The van der Waals surface area contributed by atoms with E-state index < -0.39 is 5.41 Å². The van der Waals surface area contributed by atoms with Crippen molar-refractivity contribution in [3.63, 3.8) is 0 Å². The fourth-order valence-corrected chi connectivity index (χ4v) is 10.8. The first-order chi connectivity index (χ1) is 32.2. The highest BCUT2D eigenvalue weighted by molar-refractivity contribution is 6.12. The standard InChI is InChI=1S/C63H41NO/c1-3-17-46(18-4-1)63(47-19-5-2-6-20-47)59-27-11-9-23-55(59)56-37-35-50(41-60(56)63)64(48-33-29-42(30-34-48)44-32-38-62-58(40-44)57-24-10-12-28-61(57)65-62)49-21-13-16-45(39-49)52-25-14-26-53-51-22-8-7-15-43(51)31-36-54(52)53/h1-41H. The third-order valence-corrected chi connectivity index (χ3v) is 13.7. The van der Waals surface area contributed by atoms with E-state index in [1.807, 2.05) is 12.1 Å². The number of rotatable bonds is 7. The van der Waals surface area contributed by atoms with Gasteiger partial charge in [0.15, 0.2) is 0 Å². The van der Waals surface area contributed by atoms with Gasteiger partial charge in [0.1, 0.15) is 11.2 Å². The molecule has 2 heteroatoms. The highest BCUT2D eigenvalue weighted by Gasteiger charge is 2.46. The number of nitrogens with zero attached hydrogens (tertiary/aromatic N) is 1. The molecule has 0 unspecified atom stereocenters. The zero-order chi connectivity index (χ0) is 42.9. The molecule has 304 valence electrons. The Bertz CT molecular complexity index is 3730. The molecule has 1 aromatic heterocycles. The van der Waals surface area contributed by atoms with Gasteiger partial charge in [-0.05, 0) is 132 Å². The van der Waals surface area contributed by atoms with E-state index in [0.717, 1.165) is 50.1 Å². The van der Waals surface area contributed by atoms with Crippen molar-refractivity contribution >= 4 is 60.5 Å². The second kappa shape index (κ2) is 14.8. The Morgan fingerprint density at radius 3 is 1.74 bits per heavy atom. The molecular formula is C63H41NO. The van der Waals surface area contributed by atoms with Gasteiger partial charge in [-0.25, -0.2) is 0 Å². The molecule has 0 amide bonds. The minimum Gasteiger partial charge on any atom is -0.456 e. The fourth-order valence-electron chi connectivity index (χ4n) is 10.8. The number of furan rings is 1. The van der Waals surface area contributed by atoms with Crippen molar-refractivity contribution in [2.45, 2.75) is 5.41 Å². The van der Waals surface area contributed by atoms with E-state index in [-0.39, 0.29) is 0 Å².